The third-order valence-corrected chi connectivity index (χ3v) is 1.41. The van der Waals surface area contributed by atoms with Crippen molar-refractivity contribution in [1.82, 2.24) is 9.78 Å². The minimum absolute atomic E-state index is 0.160. The molecule has 0 amide bonds. The van der Waals surface area contributed by atoms with Gasteiger partial charge in [-0.3, -0.25) is 0 Å². The molecule has 8 heteroatoms. The molecule has 0 fully saturated rings. The summed E-state index contributed by atoms with van der Waals surface area (Å²) >= 11 is 0. The van der Waals surface area contributed by atoms with E-state index in [4.69, 9.17) is 5.11 Å². The van der Waals surface area contributed by atoms with Gasteiger partial charge in [-0.05, 0) is 11.8 Å². The normalized spacial score (nSPS) is 9.79. The Morgan fingerprint density at radius 2 is 2.50 bits per heavy atom. The molecule has 1 aromatic rings. The first-order valence-electron chi connectivity index (χ1n) is 3.67. The number of nitro groups is 1. The lowest BCUT2D eigenvalue weighted by Gasteiger charge is -1.96. The van der Waals surface area contributed by atoms with Gasteiger partial charge in [0.15, 0.2) is 0 Å². The van der Waals surface area contributed by atoms with Gasteiger partial charge in [0.1, 0.15) is 6.07 Å². The van der Waals surface area contributed by atoms with E-state index in [0.717, 1.165) is 10.7 Å². The highest BCUT2D eigenvalue weighted by Crippen LogP contribution is 2.18. The summed E-state index contributed by atoms with van der Waals surface area (Å²) in [5.41, 5.74) is 0. The molecule has 1 heterocycles. The second-order valence-electron chi connectivity index (χ2n) is 2.28. The summed E-state index contributed by atoms with van der Waals surface area (Å²) in [6, 6.07) is 0.956. The largest absolute Gasteiger partial charge is 0.512 e. The Kier molecular flexibility index (Phi) is 2.65. The maximum atomic E-state index is 10.3. The van der Waals surface area contributed by atoms with Crippen molar-refractivity contribution >= 4 is 12.0 Å². The molecule has 0 unspecified atom stereocenters. The van der Waals surface area contributed by atoms with Gasteiger partial charge in [0.25, 0.3) is 5.88 Å². The van der Waals surface area contributed by atoms with E-state index in [9.17, 15) is 14.9 Å². The molecule has 1 aromatic heterocycles. The van der Waals surface area contributed by atoms with E-state index >= 15 is 0 Å². The summed E-state index contributed by atoms with van der Waals surface area (Å²) in [4.78, 5) is 19.8. The SMILES string of the molecule is CCn1nc([N+](=O)[O-])cc1OC(=O)O. The third kappa shape index (κ3) is 1.97. The van der Waals surface area contributed by atoms with Gasteiger partial charge in [-0.1, -0.05) is 0 Å². The first kappa shape index (κ1) is 9.96. The zero-order valence-corrected chi connectivity index (χ0v) is 7.21. The van der Waals surface area contributed by atoms with Crippen molar-refractivity contribution in [3.8, 4) is 5.88 Å². The molecular formula is C6H7N3O5. The lowest BCUT2D eigenvalue weighted by Crippen LogP contribution is -2.08. The van der Waals surface area contributed by atoms with Crippen LogP contribution < -0.4 is 4.74 Å². The first-order valence-corrected chi connectivity index (χ1v) is 3.67. The molecule has 0 saturated heterocycles. The van der Waals surface area contributed by atoms with Crippen molar-refractivity contribution in [2.75, 3.05) is 0 Å². The molecule has 0 bridgehead atoms. The van der Waals surface area contributed by atoms with Crippen LogP contribution in [-0.4, -0.2) is 26.0 Å². The zero-order valence-electron chi connectivity index (χ0n) is 7.21. The molecule has 0 radical (unpaired) electrons. The van der Waals surface area contributed by atoms with E-state index in [0.29, 0.717) is 0 Å². The van der Waals surface area contributed by atoms with Gasteiger partial charge in [0.2, 0.25) is 0 Å². The number of hydrogen-bond donors (Lipinski definition) is 1. The van der Waals surface area contributed by atoms with Crippen LogP contribution in [0.2, 0.25) is 0 Å². The van der Waals surface area contributed by atoms with Crippen LogP contribution in [0.1, 0.15) is 6.92 Å². The highest BCUT2D eigenvalue weighted by molar-refractivity contribution is 5.60. The van der Waals surface area contributed by atoms with Gasteiger partial charge in [-0.25, -0.2) is 4.79 Å². The zero-order chi connectivity index (χ0) is 10.7. The molecule has 1 N–H and O–H groups in total. The van der Waals surface area contributed by atoms with Gasteiger partial charge in [-0.2, -0.15) is 0 Å². The Labute approximate surface area is 77.9 Å². The van der Waals surface area contributed by atoms with Crippen LogP contribution in [0.25, 0.3) is 0 Å². The number of nitrogens with zero attached hydrogens (tertiary/aromatic N) is 3. The van der Waals surface area contributed by atoms with Crippen molar-refractivity contribution in [3.63, 3.8) is 0 Å². The summed E-state index contributed by atoms with van der Waals surface area (Å²) in [7, 11) is 0. The first-order chi connectivity index (χ1) is 6.54. The third-order valence-electron chi connectivity index (χ3n) is 1.41. The molecule has 0 aliphatic rings. The van der Waals surface area contributed by atoms with Crippen molar-refractivity contribution < 1.29 is 19.6 Å². The lowest BCUT2D eigenvalue weighted by molar-refractivity contribution is -0.389. The van der Waals surface area contributed by atoms with Gasteiger partial charge < -0.3 is 20.0 Å². The quantitative estimate of drug-likeness (QED) is 0.441. The fraction of sp³-hybridized carbons (Fsp3) is 0.333. The van der Waals surface area contributed by atoms with Gasteiger partial charge in [0.05, 0.1) is 11.6 Å². The van der Waals surface area contributed by atoms with Crippen molar-refractivity contribution in [3.05, 3.63) is 16.2 Å². The van der Waals surface area contributed by atoms with E-state index in [1.165, 1.54) is 0 Å². The molecule has 8 nitrogen and oxygen atoms in total. The van der Waals surface area contributed by atoms with Crippen LogP contribution in [0, 0.1) is 10.1 Å². The van der Waals surface area contributed by atoms with Crippen molar-refractivity contribution in [2.45, 2.75) is 13.5 Å². The molecule has 0 saturated carbocycles. The predicted octanol–water partition coefficient (Wildman–Crippen LogP) is 0.868. The second-order valence-corrected chi connectivity index (χ2v) is 2.28. The average molecular weight is 201 g/mol. The number of carboxylic acid groups (broad SMARTS) is 1. The van der Waals surface area contributed by atoms with Gasteiger partial charge >= 0.3 is 12.0 Å². The van der Waals surface area contributed by atoms with E-state index in [1.54, 1.807) is 6.92 Å². The number of aryl methyl sites for hydroxylation is 1. The molecule has 76 valence electrons. The smallest absolute Gasteiger partial charge is 0.449 e. The molecular weight excluding hydrogens is 194 g/mol. The fourth-order valence-electron chi connectivity index (χ4n) is 0.874. The van der Waals surface area contributed by atoms with Crippen LogP contribution in [0.4, 0.5) is 10.6 Å². The number of rotatable bonds is 3. The van der Waals surface area contributed by atoms with Gasteiger partial charge in [-0.15, -0.1) is 4.68 Å². The Bertz CT molecular complexity index is 372. The molecule has 0 spiro atoms. The van der Waals surface area contributed by atoms with Crippen molar-refractivity contribution in [2.24, 2.45) is 0 Å². The second kappa shape index (κ2) is 3.73. The minimum atomic E-state index is -1.53. The Hall–Kier alpha value is -2.12. The van der Waals surface area contributed by atoms with E-state index in [2.05, 4.69) is 9.84 Å². The Morgan fingerprint density at radius 3 is 2.93 bits per heavy atom. The maximum Gasteiger partial charge on any atom is 0.512 e. The van der Waals surface area contributed by atoms with Crippen LogP contribution >= 0.6 is 0 Å². The van der Waals surface area contributed by atoms with Gasteiger partial charge in [0, 0.05) is 0 Å². The molecule has 0 atom stereocenters. The van der Waals surface area contributed by atoms with Crippen LogP contribution in [0.3, 0.4) is 0 Å². The van der Waals surface area contributed by atoms with Crippen LogP contribution in [0.15, 0.2) is 6.07 Å². The number of ether oxygens (including phenoxy) is 1. The highest BCUT2D eigenvalue weighted by Gasteiger charge is 2.19. The molecule has 14 heavy (non-hydrogen) atoms. The summed E-state index contributed by atoms with van der Waals surface area (Å²) in [6.45, 7) is 1.95. The highest BCUT2D eigenvalue weighted by atomic mass is 16.7. The number of hydrogen-bond acceptors (Lipinski definition) is 5. The standard InChI is InChI=1S/C6H7N3O5/c1-2-8-5(14-6(10)11)3-4(7-8)9(12)13/h3H,2H2,1H3,(H,10,11). The monoisotopic (exact) mass is 201 g/mol. The van der Waals surface area contributed by atoms with E-state index in [1.807, 2.05) is 0 Å². The minimum Gasteiger partial charge on any atom is -0.449 e. The van der Waals surface area contributed by atoms with Crippen molar-refractivity contribution in [1.29, 1.82) is 0 Å². The van der Waals surface area contributed by atoms with Crippen LogP contribution in [-0.2, 0) is 6.54 Å². The molecule has 0 aliphatic carbocycles. The Balaban J connectivity index is 3.02. The molecule has 0 aliphatic heterocycles. The van der Waals surface area contributed by atoms with E-state index < -0.39 is 16.9 Å². The average Bonchev–Trinajstić information content (AvgIpc) is 2.46. The lowest BCUT2D eigenvalue weighted by atomic mass is 10.6. The maximum absolute atomic E-state index is 10.3. The number of carbonyl (C=O) groups is 1. The summed E-state index contributed by atoms with van der Waals surface area (Å²) in [5.74, 6) is -0.602. The topological polar surface area (TPSA) is 107 Å². The molecule has 0 aromatic carbocycles. The number of aromatic nitrogens is 2. The Morgan fingerprint density at radius 1 is 1.86 bits per heavy atom. The summed E-state index contributed by atoms with van der Waals surface area (Å²) < 4.78 is 5.37. The summed E-state index contributed by atoms with van der Waals surface area (Å²) in [6.07, 6.45) is -1.53. The summed E-state index contributed by atoms with van der Waals surface area (Å²) in [5, 5.41) is 22.1. The van der Waals surface area contributed by atoms with E-state index in [-0.39, 0.29) is 12.4 Å². The molecule has 1 rings (SSSR count). The van der Waals surface area contributed by atoms with Crippen LogP contribution in [0.5, 0.6) is 5.88 Å². The fourth-order valence-corrected chi connectivity index (χ4v) is 0.874. The predicted molar refractivity (Wildman–Crippen MR) is 43.2 cm³/mol.